The Morgan fingerprint density at radius 1 is 0.455 bits per heavy atom. The van der Waals surface area contributed by atoms with E-state index in [1.807, 2.05) is 30.3 Å². The minimum absolute atomic E-state index is 0.564. The van der Waals surface area contributed by atoms with Crippen LogP contribution in [0.2, 0.25) is 0 Å². The largest absolute Gasteiger partial charge is 0.309 e. The van der Waals surface area contributed by atoms with E-state index in [9.17, 15) is 5.26 Å². The van der Waals surface area contributed by atoms with Crippen LogP contribution >= 0.6 is 0 Å². The number of nitrogens with zero attached hydrogens (tertiary/aromatic N) is 5. The first kappa shape index (κ1) is 30.7. The Balaban J connectivity index is 1.21. The third kappa shape index (κ3) is 4.39. The maximum absolute atomic E-state index is 10.8. The summed E-state index contributed by atoms with van der Waals surface area (Å²) >= 11 is 0. The fraction of sp³-hybridized carbons (Fsp3) is 0. The second kappa shape index (κ2) is 11.8. The second-order valence-corrected chi connectivity index (χ2v) is 13.9. The van der Waals surface area contributed by atoms with Crippen LogP contribution in [0.15, 0.2) is 176 Å². The number of aromatic nitrogens is 3. The molecule has 0 spiro atoms. The van der Waals surface area contributed by atoms with Gasteiger partial charge in [0.05, 0.1) is 56.6 Å². The summed E-state index contributed by atoms with van der Waals surface area (Å²) in [7, 11) is 0. The van der Waals surface area contributed by atoms with Crippen molar-refractivity contribution in [3.63, 3.8) is 0 Å². The van der Waals surface area contributed by atoms with Gasteiger partial charge in [-0.25, -0.2) is 4.85 Å². The molecule has 0 radical (unpaired) electrons. The standard InChI is InChI=1S/C50H29N5/c1-52-34-26-29-47-42(30-34)41-18-11-23-48(54-45-21-8-4-15-39(45)40-16-5-9-22-46(40)54)50(41)55(47)49-33(31-51)12-10-17-36(49)32-24-27-35(28-25-32)53-43-19-6-2-13-37(43)38-14-3-7-20-44(38)53/h2-30H. The monoisotopic (exact) mass is 699 g/mol. The Morgan fingerprint density at radius 3 is 1.56 bits per heavy atom. The fourth-order valence-corrected chi connectivity index (χ4v) is 8.80. The lowest BCUT2D eigenvalue weighted by molar-refractivity contribution is 1.12. The van der Waals surface area contributed by atoms with Crippen LogP contribution in [0.5, 0.6) is 0 Å². The summed E-state index contributed by atoms with van der Waals surface area (Å²) in [4.78, 5) is 3.81. The summed E-state index contributed by atoms with van der Waals surface area (Å²) in [6.07, 6.45) is 0. The third-order valence-electron chi connectivity index (χ3n) is 11.1. The van der Waals surface area contributed by atoms with E-state index in [0.717, 1.165) is 72.1 Å². The van der Waals surface area contributed by atoms with Crippen molar-refractivity contribution in [2.75, 3.05) is 0 Å². The zero-order chi connectivity index (χ0) is 36.6. The SMILES string of the molecule is [C-]#[N+]c1ccc2c(c1)c1cccc(-n3c4ccccc4c4ccccc43)c1n2-c1c(C#N)cccc1-c1ccc(-n2c3ccccc3c3ccccc32)cc1. The van der Waals surface area contributed by atoms with Crippen LogP contribution < -0.4 is 0 Å². The smallest absolute Gasteiger partial charge is 0.188 e. The van der Waals surface area contributed by atoms with Crippen LogP contribution in [0.4, 0.5) is 5.69 Å². The molecule has 5 nitrogen and oxygen atoms in total. The minimum Gasteiger partial charge on any atom is -0.309 e. The molecule has 0 atom stereocenters. The molecule has 0 aliphatic heterocycles. The van der Waals surface area contributed by atoms with E-state index >= 15 is 0 Å². The van der Waals surface area contributed by atoms with Crippen molar-refractivity contribution >= 4 is 71.1 Å². The molecule has 0 fully saturated rings. The van der Waals surface area contributed by atoms with Crippen LogP contribution in [-0.2, 0) is 0 Å². The lowest BCUT2D eigenvalue weighted by Crippen LogP contribution is -2.04. The fourth-order valence-electron chi connectivity index (χ4n) is 8.80. The molecule has 5 heteroatoms. The average Bonchev–Trinajstić information content (AvgIpc) is 3.89. The lowest BCUT2D eigenvalue weighted by Gasteiger charge is -2.18. The predicted octanol–water partition coefficient (Wildman–Crippen LogP) is 13.1. The molecule has 11 aromatic rings. The quantitative estimate of drug-likeness (QED) is 0.169. The van der Waals surface area contributed by atoms with E-state index in [-0.39, 0.29) is 0 Å². The molecule has 0 amide bonds. The molecule has 254 valence electrons. The van der Waals surface area contributed by atoms with Gasteiger partial charge in [0.2, 0.25) is 0 Å². The summed E-state index contributed by atoms with van der Waals surface area (Å²) in [6.45, 7) is 7.87. The molecule has 11 rings (SSSR count). The predicted molar refractivity (Wildman–Crippen MR) is 226 cm³/mol. The van der Waals surface area contributed by atoms with E-state index < -0.39 is 0 Å². The Hall–Kier alpha value is -7.86. The van der Waals surface area contributed by atoms with Gasteiger partial charge in [0, 0.05) is 38.2 Å². The number of hydrogen-bond acceptors (Lipinski definition) is 1. The van der Waals surface area contributed by atoms with Crippen molar-refractivity contribution in [1.82, 2.24) is 13.7 Å². The van der Waals surface area contributed by atoms with Crippen molar-refractivity contribution in [3.8, 4) is 34.3 Å². The molecule has 8 aromatic carbocycles. The number of benzene rings is 8. The van der Waals surface area contributed by atoms with E-state index in [2.05, 4.69) is 170 Å². The van der Waals surface area contributed by atoms with Crippen LogP contribution in [0, 0.1) is 17.9 Å². The molecular formula is C50H29N5. The highest BCUT2D eigenvalue weighted by Gasteiger charge is 2.23. The normalized spacial score (nSPS) is 11.6. The number of fused-ring (bicyclic) bond motifs is 9. The van der Waals surface area contributed by atoms with Gasteiger partial charge in [0.1, 0.15) is 6.07 Å². The van der Waals surface area contributed by atoms with Gasteiger partial charge in [-0.1, -0.05) is 115 Å². The van der Waals surface area contributed by atoms with Crippen LogP contribution in [0.1, 0.15) is 5.56 Å². The molecular weight excluding hydrogens is 671 g/mol. The van der Waals surface area contributed by atoms with Crippen LogP contribution in [0.25, 0.3) is 98.5 Å². The molecule has 0 saturated heterocycles. The summed E-state index contributed by atoms with van der Waals surface area (Å²) in [5.74, 6) is 0. The Bertz CT molecular complexity index is 3350. The van der Waals surface area contributed by atoms with Crippen LogP contribution in [0.3, 0.4) is 0 Å². The number of para-hydroxylation sites is 6. The molecule has 0 aliphatic rings. The topological polar surface area (TPSA) is 42.9 Å². The van der Waals surface area contributed by atoms with Gasteiger partial charge in [0.25, 0.3) is 0 Å². The van der Waals surface area contributed by atoms with Gasteiger partial charge in [-0.3, -0.25) is 0 Å². The molecule has 0 saturated carbocycles. The van der Waals surface area contributed by atoms with Gasteiger partial charge in [-0.2, -0.15) is 5.26 Å². The minimum atomic E-state index is 0.564. The first-order chi connectivity index (χ1) is 27.2. The highest BCUT2D eigenvalue weighted by atomic mass is 15.1. The molecule has 0 aliphatic carbocycles. The van der Waals surface area contributed by atoms with E-state index in [1.54, 1.807) is 0 Å². The Labute approximate surface area is 316 Å². The van der Waals surface area contributed by atoms with Crippen molar-refractivity contribution < 1.29 is 0 Å². The van der Waals surface area contributed by atoms with Crippen molar-refractivity contribution in [1.29, 1.82) is 5.26 Å². The highest BCUT2D eigenvalue weighted by molar-refractivity contribution is 6.16. The van der Waals surface area contributed by atoms with Crippen molar-refractivity contribution in [3.05, 3.63) is 193 Å². The molecule has 0 bridgehead atoms. The molecule has 0 N–H and O–H groups in total. The summed E-state index contributed by atoms with van der Waals surface area (Å²) in [6, 6.07) is 63.6. The highest BCUT2D eigenvalue weighted by Crippen LogP contribution is 2.43. The van der Waals surface area contributed by atoms with E-state index in [0.29, 0.717) is 11.3 Å². The van der Waals surface area contributed by atoms with Gasteiger partial charge >= 0.3 is 0 Å². The zero-order valence-electron chi connectivity index (χ0n) is 29.5. The summed E-state index contributed by atoms with van der Waals surface area (Å²) in [5.41, 5.74) is 12.4. The van der Waals surface area contributed by atoms with Crippen LogP contribution in [-0.4, -0.2) is 13.7 Å². The third-order valence-corrected chi connectivity index (χ3v) is 11.1. The maximum Gasteiger partial charge on any atom is 0.188 e. The average molecular weight is 700 g/mol. The molecule has 0 unspecified atom stereocenters. The first-order valence-corrected chi connectivity index (χ1v) is 18.3. The van der Waals surface area contributed by atoms with Crippen molar-refractivity contribution in [2.24, 2.45) is 0 Å². The van der Waals surface area contributed by atoms with E-state index in [4.69, 9.17) is 6.57 Å². The van der Waals surface area contributed by atoms with Gasteiger partial charge in [-0.15, -0.1) is 0 Å². The second-order valence-electron chi connectivity index (χ2n) is 13.9. The molecule has 55 heavy (non-hydrogen) atoms. The maximum atomic E-state index is 10.8. The Kier molecular flexibility index (Phi) is 6.61. The first-order valence-electron chi connectivity index (χ1n) is 18.3. The summed E-state index contributed by atoms with van der Waals surface area (Å²) < 4.78 is 6.92. The summed E-state index contributed by atoms with van der Waals surface area (Å²) in [5, 5.41) is 17.6. The molecule has 3 heterocycles. The number of hydrogen-bond donors (Lipinski definition) is 0. The number of rotatable bonds is 4. The molecule has 3 aromatic heterocycles. The lowest BCUT2D eigenvalue weighted by atomic mass is 9.99. The van der Waals surface area contributed by atoms with Gasteiger partial charge in [0.15, 0.2) is 5.69 Å². The zero-order valence-corrected chi connectivity index (χ0v) is 29.5. The van der Waals surface area contributed by atoms with Gasteiger partial charge < -0.3 is 13.7 Å². The Morgan fingerprint density at radius 2 is 0.982 bits per heavy atom. The van der Waals surface area contributed by atoms with E-state index in [1.165, 1.54) is 21.5 Å². The van der Waals surface area contributed by atoms with Gasteiger partial charge in [-0.05, 0) is 71.6 Å². The van der Waals surface area contributed by atoms with Crippen molar-refractivity contribution in [2.45, 2.75) is 0 Å². The number of nitriles is 1.